The predicted molar refractivity (Wildman–Crippen MR) is 72.9 cm³/mol. The van der Waals surface area contributed by atoms with Crippen LogP contribution in [0, 0.1) is 5.92 Å². The molecular weight excluding hydrogens is 214 g/mol. The molecule has 2 N–H and O–H groups in total. The molecule has 0 aliphatic heterocycles. The van der Waals surface area contributed by atoms with E-state index < -0.39 is 0 Å². The summed E-state index contributed by atoms with van der Waals surface area (Å²) in [6.45, 7) is 8.74. The van der Waals surface area contributed by atoms with Crippen molar-refractivity contribution in [3.05, 3.63) is 0 Å². The topological polar surface area (TPSA) is 49.6 Å². The highest BCUT2D eigenvalue weighted by molar-refractivity contribution is 5.81. The normalized spacial score (nSPS) is 13.2. The summed E-state index contributed by atoms with van der Waals surface area (Å²) in [6, 6.07) is -0.344. The highest BCUT2D eigenvalue weighted by atomic mass is 16.2. The molecule has 0 aromatic carbocycles. The Bertz CT molecular complexity index is 217. The first kappa shape index (κ1) is 16.4. The van der Waals surface area contributed by atoms with Crippen molar-refractivity contribution in [2.24, 2.45) is 11.7 Å². The molecule has 0 saturated carbocycles. The molecule has 0 saturated heterocycles. The molecular formula is C13H29N3O. The van der Waals surface area contributed by atoms with Crippen LogP contribution in [-0.2, 0) is 4.79 Å². The van der Waals surface area contributed by atoms with Gasteiger partial charge in [0.05, 0.1) is 6.04 Å². The van der Waals surface area contributed by atoms with Crippen LogP contribution >= 0.6 is 0 Å². The van der Waals surface area contributed by atoms with Gasteiger partial charge in [-0.1, -0.05) is 20.8 Å². The van der Waals surface area contributed by atoms with Crippen LogP contribution in [0.25, 0.3) is 0 Å². The smallest absolute Gasteiger partial charge is 0.239 e. The minimum Gasteiger partial charge on any atom is -0.340 e. The number of nitrogens with zero attached hydrogens (tertiary/aromatic N) is 2. The van der Waals surface area contributed by atoms with Crippen molar-refractivity contribution < 1.29 is 4.79 Å². The van der Waals surface area contributed by atoms with Crippen LogP contribution in [0.1, 0.15) is 33.6 Å². The fraction of sp³-hybridized carbons (Fsp3) is 0.923. The maximum absolute atomic E-state index is 12.2. The molecule has 0 spiro atoms. The summed E-state index contributed by atoms with van der Waals surface area (Å²) in [5.41, 5.74) is 5.95. The maximum atomic E-state index is 12.2. The lowest BCUT2D eigenvalue weighted by Crippen LogP contribution is -2.46. The van der Waals surface area contributed by atoms with Crippen LogP contribution in [-0.4, -0.2) is 55.5 Å². The van der Waals surface area contributed by atoms with Crippen molar-refractivity contribution in [2.45, 2.75) is 39.7 Å². The lowest BCUT2D eigenvalue weighted by atomic mass is 10.0. The molecule has 1 amide bonds. The molecule has 4 heteroatoms. The Kier molecular flexibility index (Phi) is 8.17. The number of likely N-dealkylation sites (N-methyl/N-ethyl adjacent to an activating group) is 1. The molecule has 0 heterocycles. The first-order chi connectivity index (χ1) is 7.88. The van der Waals surface area contributed by atoms with Gasteiger partial charge in [0.15, 0.2) is 0 Å². The summed E-state index contributed by atoms with van der Waals surface area (Å²) in [7, 11) is 4.03. The van der Waals surface area contributed by atoms with E-state index >= 15 is 0 Å². The van der Waals surface area contributed by atoms with Crippen molar-refractivity contribution >= 4 is 5.91 Å². The number of hydrogen-bond donors (Lipinski definition) is 1. The van der Waals surface area contributed by atoms with Gasteiger partial charge in [0.2, 0.25) is 5.91 Å². The Hall–Kier alpha value is -0.610. The zero-order valence-electron chi connectivity index (χ0n) is 12.1. The second-order valence-electron chi connectivity index (χ2n) is 5.36. The van der Waals surface area contributed by atoms with Gasteiger partial charge in [-0.15, -0.1) is 0 Å². The molecule has 0 aliphatic rings. The molecule has 4 nitrogen and oxygen atoms in total. The van der Waals surface area contributed by atoms with Gasteiger partial charge >= 0.3 is 0 Å². The summed E-state index contributed by atoms with van der Waals surface area (Å²) in [4.78, 5) is 16.1. The van der Waals surface area contributed by atoms with Gasteiger partial charge in [0.25, 0.3) is 0 Å². The van der Waals surface area contributed by atoms with Crippen molar-refractivity contribution in [3.63, 3.8) is 0 Å². The average molecular weight is 243 g/mol. The van der Waals surface area contributed by atoms with E-state index in [0.717, 1.165) is 32.5 Å². The quantitative estimate of drug-likeness (QED) is 0.696. The van der Waals surface area contributed by atoms with E-state index in [2.05, 4.69) is 25.7 Å². The van der Waals surface area contributed by atoms with Gasteiger partial charge in [0, 0.05) is 19.6 Å². The Balaban J connectivity index is 4.31. The molecule has 1 atom stereocenters. The largest absolute Gasteiger partial charge is 0.340 e. The zero-order valence-corrected chi connectivity index (χ0v) is 12.1. The van der Waals surface area contributed by atoms with E-state index in [9.17, 15) is 4.79 Å². The highest BCUT2D eigenvalue weighted by Gasteiger charge is 2.20. The number of rotatable bonds is 8. The summed E-state index contributed by atoms with van der Waals surface area (Å²) in [6.07, 6.45) is 1.74. The molecule has 0 fully saturated rings. The van der Waals surface area contributed by atoms with Crippen molar-refractivity contribution in [3.8, 4) is 0 Å². The first-order valence-corrected chi connectivity index (χ1v) is 6.57. The second-order valence-corrected chi connectivity index (χ2v) is 5.36. The highest BCUT2D eigenvalue weighted by Crippen LogP contribution is 2.06. The van der Waals surface area contributed by atoms with Gasteiger partial charge in [0.1, 0.15) is 0 Å². The minimum absolute atomic E-state index is 0.0994. The van der Waals surface area contributed by atoms with Crippen molar-refractivity contribution in [1.29, 1.82) is 0 Å². The molecule has 0 unspecified atom stereocenters. The monoisotopic (exact) mass is 243 g/mol. The molecule has 0 aromatic heterocycles. The molecule has 0 aromatic rings. The Morgan fingerprint density at radius 3 is 2.18 bits per heavy atom. The molecule has 0 radical (unpaired) electrons. The Morgan fingerprint density at radius 2 is 1.76 bits per heavy atom. The molecule has 0 bridgehead atoms. The molecule has 0 rings (SSSR count). The third-order valence-corrected chi connectivity index (χ3v) is 2.66. The van der Waals surface area contributed by atoms with Gasteiger partial charge in [-0.2, -0.15) is 0 Å². The predicted octanol–water partition coefficient (Wildman–Crippen LogP) is 1.16. The van der Waals surface area contributed by atoms with E-state index in [-0.39, 0.29) is 11.9 Å². The lowest BCUT2D eigenvalue weighted by molar-refractivity contribution is -0.133. The minimum atomic E-state index is -0.344. The van der Waals surface area contributed by atoms with E-state index in [4.69, 9.17) is 5.73 Å². The summed E-state index contributed by atoms with van der Waals surface area (Å²) < 4.78 is 0. The van der Waals surface area contributed by atoms with Crippen LogP contribution in [0.5, 0.6) is 0 Å². The van der Waals surface area contributed by atoms with Crippen molar-refractivity contribution in [2.75, 3.05) is 33.7 Å². The van der Waals surface area contributed by atoms with Crippen LogP contribution < -0.4 is 5.73 Å². The Morgan fingerprint density at radius 1 is 1.18 bits per heavy atom. The molecule has 0 aliphatic carbocycles. The number of nitrogens with two attached hydrogens (primary N) is 1. The van der Waals surface area contributed by atoms with E-state index in [1.54, 1.807) is 0 Å². The van der Waals surface area contributed by atoms with Crippen LogP contribution in [0.2, 0.25) is 0 Å². The van der Waals surface area contributed by atoms with Gasteiger partial charge in [-0.3, -0.25) is 4.79 Å². The van der Waals surface area contributed by atoms with E-state index in [0.29, 0.717) is 5.92 Å². The summed E-state index contributed by atoms with van der Waals surface area (Å²) in [5.74, 6) is 0.564. The Labute approximate surface area is 106 Å². The van der Waals surface area contributed by atoms with Crippen LogP contribution in [0.15, 0.2) is 0 Å². The zero-order chi connectivity index (χ0) is 13.4. The maximum Gasteiger partial charge on any atom is 0.239 e. The summed E-state index contributed by atoms with van der Waals surface area (Å²) in [5, 5.41) is 0. The van der Waals surface area contributed by atoms with Crippen molar-refractivity contribution in [1.82, 2.24) is 9.80 Å². The SMILES string of the molecule is CCCN(CCN(C)C)C(=O)[C@H](N)CC(C)C. The van der Waals surface area contributed by atoms with Gasteiger partial charge < -0.3 is 15.5 Å². The average Bonchev–Trinajstić information content (AvgIpc) is 2.21. The fourth-order valence-corrected chi connectivity index (χ4v) is 1.77. The number of carbonyl (C=O) groups excluding carboxylic acids is 1. The third kappa shape index (κ3) is 7.34. The van der Waals surface area contributed by atoms with Gasteiger partial charge in [-0.25, -0.2) is 0 Å². The fourth-order valence-electron chi connectivity index (χ4n) is 1.77. The van der Waals surface area contributed by atoms with Crippen LogP contribution in [0.3, 0.4) is 0 Å². The number of amides is 1. The lowest BCUT2D eigenvalue weighted by Gasteiger charge is -2.27. The number of hydrogen-bond acceptors (Lipinski definition) is 3. The van der Waals surface area contributed by atoms with E-state index in [1.807, 2.05) is 19.0 Å². The standard InChI is InChI=1S/C13H29N3O/c1-6-7-16(9-8-15(4)5)13(17)12(14)10-11(2)3/h11-12H,6-10,14H2,1-5H3/t12-/m1/s1. The molecule has 102 valence electrons. The van der Waals surface area contributed by atoms with Gasteiger partial charge in [-0.05, 0) is 32.9 Å². The van der Waals surface area contributed by atoms with E-state index in [1.165, 1.54) is 0 Å². The number of carbonyl (C=O) groups is 1. The first-order valence-electron chi connectivity index (χ1n) is 6.57. The van der Waals surface area contributed by atoms with Crippen LogP contribution in [0.4, 0.5) is 0 Å². The second kappa shape index (κ2) is 8.48. The third-order valence-electron chi connectivity index (χ3n) is 2.66. The molecule has 17 heavy (non-hydrogen) atoms. The summed E-state index contributed by atoms with van der Waals surface area (Å²) >= 11 is 0.